The second kappa shape index (κ2) is 9.98. The van der Waals surface area contributed by atoms with E-state index < -0.39 is 0 Å². The highest BCUT2D eigenvalue weighted by Crippen LogP contribution is 2.25. The zero-order valence-corrected chi connectivity index (χ0v) is 17.9. The molecule has 0 fully saturated rings. The van der Waals surface area contributed by atoms with Crippen molar-refractivity contribution in [3.63, 3.8) is 0 Å². The molecule has 0 unspecified atom stereocenters. The second-order valence-electron chi connectivity index (χ2n) is 6.18. The summed E-state index contributed by atoms with van der Waals surface area (Å²) in [6.07, 6.45) is 0. The maximum absolute atomic E-state index is 12.7. The van der Waals surface area contributed by atoms with Crippen molar-refractivity contribution >= 4 is 27.5 Å². The van der Waals surface area contributed by atoms with Gasteiger partial charge in [0.2, 0.25) is 0 Å². The predicted octanol–water partition coefficient (Wildman–Crippen LogP) is 5.69. The first kappa shape index (κ1) is 20.7. The summed E-state index contributed by atoms with van der Waals surface area (Å²) < 4.78 is 17.8. The van der Waals surface area contributed by atoms with Crippen LogP contribution in [-0.4, -0.2) is 19.6 Å². The highest BCUT2D eigenvalue weighted by molar-refractivity contribution is 9.10. The summed E-state index contributed by atoms with van der Waals surface area (Å²) in [5.41, 5.74) is 2.04. The van der Waals surface area contributed by atoms with Crippen LogP contribution in [0.2, 0.25) is 0 Å². The van der Waals surface area contributed by atoms with Crippen LogP contribution >= 0.6 is 15.9 Å². The molecule has 0 atom stereocenters. The van der Waals surface area contributed by atoms with Gasteiger partial charge in [0.25, 0.3) is 5.91 Å². The topological polar surface area (TPSA) is 56.8 Å². The quantitative estimate of drug-likeness (QED) is 0.474. The number of methoxy groups -OCH3 is 1. The zero-order chi connectivity index (χ0) is 20.6. The maximum atomic E-state index is 12.7. The summed E-state index contributed by atoms with van der Waals surface area (Å²) in [5.74, 6) is 1.89. The normalized spacial score (nSPS) is 10.3. The van der Waals surface area contributed by atoms with Crippen LogP contribution in [-0.2, 0) is 6.61 Å². The predicted molar refractivity (Wildman–Crippen MR) is 117 cm³/mol. The highest BCUT2D eigenvalue weighted by Gasteiger charge is 2.12. The Balaban J connectivity index is 1.77. The van der Waals surface area contributed by atoms with E-state index in [9.17, 15) is 4.79 Å². The van der Waals surface area contributed by atoms with Crippen LogP contribution in [0.15, 0.2) is 71.2 Å². The summed E-state index contributed by atoms with van der Waals surface area (Å²) in [4.78, 5) is 12.7. The van der Waals surface area contributed by atoms with Crippen LogP contribution in [0.3, 0.4) is 0 Å². The van der Waals surface area contributed by atoms with Crippen molar-refractivity contribution in [1.29, 1.82) is 0 Å². The summed E-state index contributed by atoms with van der Waals surface area (Å²) in [6, 6.07) is 20.1. The van der Waals surface area contributed by atoms with Gasteiger partial charge in [-0.05, 0) is 61.5 Å². The molecule has 0 radical (unpaired) electrons. The van der Waals surface area contributed by atoms with Crippen molar-refractivity contribution in [1.82, 2.24) is 0 Å². The number of carbonyl (C=O) groups excluding carboxylic acids is 1. The fraction of sp³-hybridized carbons (Fsp3) is 0.174. The van der Waals surface area contributed by atoms with Crippen molar-refractivity contribution in [2.75, 3.05) is 19.0 Å². The molecule has 5 nitrogen and oxygen atoms in total. The Morgan fingerprint density at radius 3 is 2.45 bits per heavy atom. The molecule has 0 aromatic heterocycles. The maximum Gasteiger partial charge on any atom is 0.255 e. The minimum atomic E-state index is -0.196. The monoisotopic (exact) mass is 455 g/mol. The third-order valence-electron chi connectivity index (χ3n) is 4.16. The Bertz CT molecular complexity index is 973. The van der Waals surface area contributed by atoms with E-state index in [0.717, 1.165) is 21.5 Å². The molecular weight excluding hydrogens is 434 g/mol. The lowest BCUT2D eigenvalue weighted by molar-refractivity contribution is 0.102. The first-order valence-corrected chi connectivity index (χ1v) is 9.98. The smallest absolute Gasteiger partial charge is 0.255 e. The van der Waals surface area contributed by atoms with E-state index in [4.69, 9.17) is 14.2 Å². The summed E-state index contributed by atoms with van der Waals surface area (Å²) in [5, 5.41) is 2.90. The molecular formula is C23H22BrNO4. The fourth-order valence-electron chi connectivity index (χ4n) is 2.72. The number of halogens is 1. The minimum Gasteiger partial charge on any atom is -0.497 e. The third-order valence-corrected chi connectivity index (χ3v) is 4.69. The number of amides is 1. The minimum absolute atomic E-state index is 0.196. The Morgan fingerprint density at radius 2 is 1.72 bits per heavy atom. The highest BCUT2D eigenvalue weighted by atomic mass is 79.9. The van der Waals surface area contributed by atoms with Gasteiger partial charge in [-0.3, -0.25) is 4.79 Å². The van der Waals surface area contributed by atoms with Gasteiger partial charge < -0.3 is 19.5 Å². The Kier molecular flexibility index (Phi) is 7.14. The van der Waals surface area contributed by atoms with Crippen LogP contribution in [0, 0.1) is 0 Å². The number of ether oxygens (including phenoxy) is 3. The van der Waals surface area contributed by atoms with Crippen LogP contribution in [0.4, 0.5) is 5.69 Å². The molecule has 0 spiro atoms. The third kappa shape index (κ3) is 5.74. The van der Waals surface area contributed by atoms with Gasteiger partial charge in [-0.15, -0.1) is 0 Å². The van der Waals surface area contributed by atoms with E-state index in [-0.39, 0.29) is 12.5 Å². The van der Waals surface area contributed by atoms with Gasteiger partial charge in [0, 0.05) is 27.4 Å². The van der Waals surface area contributed by atoms with Crippen LogP contribution in [0.5, 0.6) is 17.2 Å². The molecule has 150 valence electrons. The van der Waals surface area contributed by atoms with Crippen LogP contribution in [0.1, 0.15) is 22.8 Å². The van der Waals surface area contributed by atoms with Gasteiger partial charge in [0.15, 0.2) is 0 Å². The lowest BCUT2D eigenvalue weighted by Crippen LogP contribution is -2.13. The lowest BCUT2D eigenvalue weighted by atomic mass is 10.1. The van der Waals surface area contributed by atoms with E-state index in [1.54, 1.807) is 25.3 Å². The van der Waals surface area contributed by atoms with E-state index in [2.05, 4.69) is 21.2 Å². The molecule has 6 heteroatoms. The van der Waals surface area contributed by atoms with Crippen molar-refractivity contribution in [2.24, 2.45) is 0 Å². The van der Waals surface area contributed by atoms with E-state index in [0.29, 0.717) is 23.7 Å². The molecule has 3 aromatic carbocycles. The number of anilines is 1. The van der Waals surface area contributed by atoms with Gasteiger partial charge in [0.05, 0.1) is 13.7 Å². The standard InChI is InChI=1S/C23H22BrNO4/c1-3-28-22-12-7-16(23(26)25-19-10-8-18(24)9-11-19)13-17(22)15-29-21-6-4-5-20(14-21)27-2/h4-14H,3,15H2,1-2H3,(H,25,26). The number of carbonyl (C=O) groups is 1. The summed E-state index contributed by atoms with van der Waals surface area (Å²) >= 11 is 3.39. The Morgan fingerprint density at radius 1 is 0.966 bits per heavy atom. The lowest BCUT2D eigenvalue weighted by Gasteiger charge is -2.14. The average Bonchev–Trinajstić information content (AvgIpc) is 2.75. The summed E-state index contributed by atoms with van der Waals surface area (Å²) in [7, 11) is 1.61. The van der Waals surface area contributed by atoms with Crippen LogP contribution in [0.25, 0.3) is 0 Å². The SMILES string of the molecule is CCOc1ccc(C(=O)Nc2ccc(Br)cc2)cc1COc1cccc(OC)c1. The van der Waals surface area contributed by atoms with Crippen molar-refractivity contribution < 1.29 is 19.0 Å². The molecule has 0 bridgehead atoms. The Labute approximate surface area is 178 Å². The van der Waals surface area contributed by atoms with E-state index in [1.165, 1.54) is 0 Å². The average molecular weight is 456 g/mol. The molecule has 3 rings (SSSR count). The number of hydrogen-bond acceptors (Lipinski definition) is 4. The van der Waals surface area contributed by atoms with E-state index >= 15 is 0 Å². The zero-order valence-electron chi connectivity index (χ0n) is 16.3. The molecule has 29 heavy (non-hydrogen) atoms. The van der Waals surface area contributed by atoms with Gasteiger partial charge in [0.1, 0.15) is 23.9 Å². The van der Waals surface area contributed by atoms with Gasteiger partial charge in [-0.2, -0.15) is 0 Å². The number of hydrogen-bond donors (Lipinski definition) is 1. The largest absolute Gasteiger partial charge is 0.497 e. The molecule has 0 saturated carbocycles. The van der Waals surface area contributed by atoms with Crippen molar-refractivity contribution in [3.05, 3.63) is 82.3 Å². The van der Waals surface area contributed by atoms with Gasteiger partial charge in [-0.1, -0.05) is 22.0 Å². The van der Waals surface area contributed by atoms with E-state index in [1.807, 2.05) is 55.5 Å². The molecule has 0 aliphatic rings. The molecule has 1 amide bonds. The van der Waals surface area contributed by atoms with Crippen molar-refractivity contribution in [3.8, 4) is 17.2 Å². The van der Waals surface area contributed by atoms with Crippen LogP contribution < -0.4 is 19.5 Å². The fourth-order valence-corrected chi connectivity index (χ4v) is 2.98. The Hall–Kier alpha value is -2.99. The molecule has 0 aliphatic heterocycles. The van der Waals surface area contributed by atoms with Crippen molar-refractivity contribution in [2.45, 2.75) is 13.5 Å². The molecule has 0 saturated heterocycles. The van der Waals surface area contributed by atoms with Gasteiger partial charge in [-0.25, -0.2) is 0 Å². The molecule has 3 aromatic rings. The number of rotatable bonds is 8. The number of nitrogens with one attached hydrogen (secondary N) is 1. The second-order valence-corrected chi connectivity index (χ2v) is 7.10. The molecule has 0 aliphatic carbocycles. The van der Waals surface area contributed by atoms with Gasteiger partial charge >= 0.3 is 0 Å². The number of benzene rings is 3. The molecule has 0 heterocycles. The molecule has 1 N–H and O–H groups in total. The first-order chi connectivity index (χ1) is 14.1. The first-order valence-electron chi connectivity index (χ1n) is 9.18. The summed E-state index contributed by atoms with van der Waals surface area (Å²) in [6.45, 7) is 2.71.